The summed E-state index contributed by atoms with van der Waals surface area (Å²) in [5, 5.41) is 23.0. The third kappa shape index (κ3) is 3.68. The standard InChI is InChI=1S/C19H13FN4O5/c1-11-17(18(23-29-11)12-5-3-2-4-6-12)19-22-21-16(28-19)10-27-15-9-13(20)7-8-14(15)24(25)26/h2-9H,10H2,1H3. The zero-order valence-corrected chi connectivity index (χ0v) is 15.0. The fraction of sp³-hybridized carbons (Fsp3) is 0.105. The van der Waals surface area contributed by atoms with E-state index in [1.807, 2.05) is 30.3 Å². The quantitative estimate of drug-likeness (QED) is 0.349. The predicted octanol–water partition coefficient (Wildman–Crippen LogP) is 4.33. The van der Waals surface area contributed by atoms with Gasteiger partial charge in [0, 0.05) is 17.7 Å². The van der Waals surface area contributed by atoms with E-state index in [1.165, 1.54) is 0 Å². The molecule has 0 unspecified atom stereocenters. The molecule has 0 radical (unpaired) electrons. The average Bonchev–Trinajstić information content (AvgIpc) is 3.33. The Balaban J connectivity index is 1.59. The first kappa shape index (κ1) is 18.3. The zero-order valence-electron chi connectivity index (χ0n) is 15.0. The lowest BCUT2D eigenvalue weighted by atomic mass is 10.1. The highest BCUT2D eigenvalue weighted by atomic mass is 19.1. The molecule has 0 aliphatic heterocycles. The Morgan fingerprint density at radius 1 is 1.17 bits per heavy atom. The van der Waals surface area contributed by atoms with Crippen LogP contribution in [0.4, 0.5) is 10.1 Å². The van der Waals surface area contributed by atoms with E-state index < -0.39 is 10.7 Å². The second-order valence-electron chi connectivity index (χ2n) is 5.99. The lowest BCUT2D eigenvalue weighted by Crippen LogP contribution is -2.00. The van der Waals surface area contributed by atoms with Crippen LogP contribution >= 0.6 is 0 Å². The zero-order chi connectivity index (χ0) is 20.4. The third-order valence-electron chi connectivity index (χ3n) is 4.06. The Labute approximate surface area is 162 Å². The second kappa shape index (κ2) is 7.50. The van der Waals surface area contributed by atoms with Crippen molar-refractivity contribution in [2.45, 2.75) is 13.5 Å². The van der Waals surface area contributed by atoms with Crippen molar-refractivity contribution >= 4 is 5.69 Å². The van der Waals surface area contributed by atoms with Crippen LogP contribution < -0.4 is 4.74 Å². The molecule has 0 amide bonds. The molecule has 29 heavy (non-hydrogen) atoms. The second-order valence-corrected chi connectivity index (χ2v) is 5.99. The van der Waals surface area contributed by atoms with Gasteiger partial charge in [0.25, 0.3) is 11.8 Å². The fourth-order valence-electron chi connectivity index (χ4n) is 2.72. The summed E-state index contributed by atoms with van der Waals surface area (Å²) in [6.45, 7) is 1.44. The van der Waals surface area contributed by atoms with Crippen LogP contribution in [0.5, 0.6) is 5.75 Å². The minimum atomic E-state index is -0.666. The van der Waals surface area contributed by atoms with Crippen LogP contribution in [0.3, 0.4) is 0 Å². The van der Waals surface area contributed by atoms with Gasteiger partial charge in [-0.3, -0.25) is 10.1 Å². The van der Waals surface area contributed by atoms with Crippen LogP contribution in [-0.4, -0.2) is 20.3 Å². The van der Waals surface area contributed by atoms with Crippen molar-refractivity contribution in [3.63, 3.8) is 0 Å². The van der Waals surface area contributed by atoms with Gasteiger partial charge >= 0.3 is 5.69 Å². The summed E-state index contributed by atoms with van der Waals surface area (Å²) >= 11 is 0. The molecule has 4 aromatic rings. The number of hydrogen-bond acceptors (Lipinski definition) is 8. The first-order chi connectivity index (χ1) is 14.0. The van der Waals surface area contributed by atoms with Gasteiger partial charge in [0.1, 0.15) is 22.8 Å². The van der Waals surface area contributed by atoms with Gasteiger partial charge in [-0.25, -0.2) is 4.39 Å². The molecule has 4 rings (SSSR count). The summed E-state index contributed by atoms with van der Waals surface area (Å²) in [6, 6.07) is 12.3. The summed E-state index contributed by atoms with van der Waals surface area (Å²) in [4.78, 5) is 10.4. The van der Waals surface area contributed by atoms with E-state index in [0.29, 0.717) is 17.0 Å². The van der Waals surface area contributed by atoms with Crippen molar-refractivity contribution in [3.05, 3.63) is 76.1 Å². The van der Waals surface area contributed by atoms with E-state index in [-0.39, 0.29) is 29.8 Å². The van der Waals surface area contributed by atoms with E-state index >= 15 is 0 Å². The van der Waals surface area contributed by atoms with Crippen molar-refractivity contribution in [2.24, 2.45) is 0 Å². The molecule has 0 fully saturated rings. The number of nitro groups is 1. The third-order valence-corrected chi connectivity index (χ3v) is 4.06. The Hall–Kier alpha value is -4.08. The molecule has 0 N–H and O–H groups in total. The van der Waals surface area contributed by atoms with E-state index in [0.717, 1.165) is 23.8 Å². The van der Waals surface area contributed by atoms with Crippen LogP contribution in [0.25, 0.3) is 22.7 Å². The Bertz CT molecular complexity index is 1170. The van der Waals surface area contributed by atoms with Gasteiger partial charge in [0.05, 0.1) is 4.92 Å². The van der Waals surface area contributed by atoms with Crippen molar-refractivity contribution in [1.29, 1.82) is 0 Å². The van der Waals surface area contributed by atoms with Crippen molar-refractivity contribution in [1.82, 2.24) is 15.4 Å². The number of benzene rings is 2. The molecule has 2 aromatic carbocycles. The summed E-state index contributed by atoms with van der Waals surface area (Å²) < 4.78 is 29.6. The van der Waals surface area contributed by atoms with Crippen LogP contribution in [-0.2, 0) is 6.61 Å². The van der Waals surface area contributed by atoms with Gasteiger partial charge in [0.15, 0.2) is 6.61 Å². The highest BCUT2D eigenvalue weighted by molar-refractivity contribution is 5.77. The maximum atomic E-state index is 13.4. The number of nitrogens with zero attached hydrogens (tertiary/aromatic N) is 4. The molecule has 0 saturated carbocycles. The van der Waals surface area contributed by atoms with Crippen LogP contribution in [0.1, 0.15) is 11.7 Å². The molecule has 146 valence electrons. The number of ether oxygens (including phenoxy) is 1. The Kier molecular flexibility index (Phi) is 4.73. The summed E-state index contributed by atoms with van der Waals surface area (Å²) in [6.07, 6.45) is 0. The Morgan fingerprint density at radius 2 is 1.97 bits per heavy atom. The van der Waals surface area contributed by atoms with Crippen molar-refractivity contribution < 1.29 is 23.0 Å². The SMILES string of the molecule is Cc1onc(-c2ccccc2)c1-c1nnc(COc2cc(F)ccc2[N+](=O)[O-])o1. The molecular formula is C19H13FN4O5. The molecule has 0 saturated heterocycles. The molecule has 9 nitrogen and oxygen atoms in total. The molecule has 0 aliphatic carbocycles. The lowest BCUT2D eigenvalue weighted by Gasteiger charge is -2.04. The summed E-state index contributed by atoms with van der Waals surface area (Å²) in [5.41, 5.74) is 1.52. The predicted molar refractivity (Wildman–Crippen MR) is 97.4 cm³/mol. The average molecular weight is 396 g/mol. The largest absolute Gasteiger partial charge is 0.477 e. The van der Waals surface area contributed by atoms with E-state index in [2.05, 4.69) is 15.4 Å². The molecule has 2 heterocycles. The van der Waals surface area contributed by atoms with Crippen LogP contribution in [0.2, 0.25) is 0 Å². The van der Waals surface area contributed by atoms with Crippen molar-refractivity contribution in [2.75, 3.05) is 0 Å². The first-order valence-corrected chi connectivity index (χ1v) is 8.44. The van der Waals surface area contributed by atoms with Crippen LogP contribution in [0, 0.1) is 22.9 Å². The number of nitro benzene ring substituents is 1. The van der Waals surface area contributed by atoms with Gasteiger partial charge in [-0.05, 0) is 13.0 Å². The molecule has 10 heteroatoms. The molecular weight excluding hydrogens is 383 g/mol. The minimum Gasteiger partial charge on any atom is -0.477 e. The molecule has 2 aromatic heterocycles. The van der Waals surface area contributed by atoms with E-state index in [1.54, 1.807) is 6.92 Å². The maximum absolute atomic E-state index is 13.4. The Morgan fingerprint density at radius 3 is 2.72 bits per heavy atom. The minimum absolute atomic E-state index is 0.0539. The van der Waals surface area contributed by atoms with E-state index in [4.69, 9.17) is 13.7 Å². The lowest BCUT2D eigenvalue weighted by molar-refractivity contribution is -0.386. The monoisotopic (exact) mass is 396 g/mol. The van der Waals surface area contributed by atoms with Gasteiger partial charge in [-0.2, -0.15) is 0 Å². The number of rotatable bonds is 6. The van der Waals surface area contributed by atoms with Crippen molar-refractivity contribution in [3.8, 4) is 28.5 Å². The number of aryl methyl sites for hydroxylation is 1. The van der Waals surface area contributed by atoms with E-state index in [9.17, 15) is 14.5 Å². The van der Waals surface area contributed by atoms with Crippen LogP contribution in [0.15, 0.2) is 57.5 Å². The molecule has 0 atom stereocenters. The van der Waals surface area contributed by atoms with Gasteiger partial charge in [-0.1, -0.05) is 35.5 Å². The highest BCUT2D eigenvalue weighted by Crippen LogP contribution is 2.34. The first-order valence-electron chi connectivity index (χ1n) is 8.44. The number of aromatic nitrogens is 3. The summed E-state index contributed by atoms with van der Waals surface area (Å²) in [7, 11) is 0. The topological polar surface area (TPSA) is 117 Å². The van der Waals surface area contributed by atoms with Gasteiger partial charge in [0.2, 0.25) is 5.75 Å². The van der Waals surface area contributed by atoms with Gasteiger partial charge in [-0.15, -0.1) is 10.2 Å². The highest BCUT2D eigenvalue weighted by Gasteiger charge is 2.23. The van der Waals surface area contributed by atoms with Gasteiger partial charge < -0.3 is 13.7 Å². The molecule has 0 spiro atoms. The fourth-order valence-corrected chi connectivity index (χ4v) is 2.72. The molecule has 0 aliphatic rings. The number of halogens is 1. The smallest absolute Gasteiger partial charge is 0.311 e. The number of hydrogen-bond donors (Lipinski definition) is 0. The summed E-state index contributed by atoms with van der Waals surface area (Å²) in [5.74, 6) is -0.195. The molecule has 0 bridgehead atoms. The normalized spacial score (nSPS) is 10.8. The maximum Gasteiger partial charge on any atom is 0.311 e.